The van der Waals surface area contributed by atoms with E-state index < -0.39 is 0 Å². The van der Waals surface area contributed by atoms with Gasteiger partial charge in [0, 0.05) is 25.0 Å². The molecule has 0 aromatic carbocycles. The molecule has 3 atom stereocenters. The molecule has 4 heteroatoms. The summed E-state index contributed by atoms with van der Waals surface area (Å²) in [5.41, 5.74) is 5.46. The fraction of sp³-hybridized carbons (Fsp3) is 0.917. The summed E-state index contributed by atoms with van der Waals surface area (Å²) >= 11 is 0. The highest BCUT2D eigenvalue weighted by Gasteiger charge is 2.41. The zero-order valence-electron chi connectivity index (χ0n) is 10.0. The lowest BCUT2D eigenvalue weighted by atomic mass is 9.85. The van der Waals surface area contributed by atoms with Crippen LogP contribution in [-0.2, 0) is 4.79 Å². The van der Waals surface area contributed by atoms with Crippen LogP contribution in [0.4, 0.5) is 0 Å². The summed E-state index contributed by atoms with van der Waals surface area (Å²) in [6, 6.07) is 0.977. The average Bonchev–Trinajstić information content (AvgIpc) is 2.54. The van der Waals surface area contributed by atoms with Gasteiger partial charge in [-0.2, -0.15) is 0 Å². The fourth-order valence-electron chi connectivity index (χ4n) is 3.39. The van der Waals surface area contributed by atoms with Crippen LogP contribution < -0.4 is 5.73 Å². The largest absolute Gasteiger partial charge is 0.337 e. The molecule has 2 fully saturated rings. The van der Waals surface area contributed by atoms with Gasteiger partial charge in [-0.15, -0.1) is 12.4 Å². The van der Waals surface area contributed by atoms with E-state index in [9.17, 15) is 4.79 Å². The third kappa shape index (κ3) is 2.51. The van der Waals surface area contributed by atoms with E-state index in [0.29, 0.717) is 25.0 Å². The van der Waals surface area contributed by atoms with Crippen molar-refractivity contribution in [2.24, 2.45) is 11.7 Å². The molecule has 0 aromatic heterocycles. The van der Waals surface area contributed by atoms with Gasteiger partial charge in [0.05, 0.1) is 0 Å². The molecule has 1 heterocycles. The van der Waals surface area contributed by atoms with Crippen molar-refractivity contribution in [2.45, 2.75) is 57.5 Å². The standard InChI is InChI=1S/C12H22N2O.ClH/c1-9-8-10-4-2-3-5-11(10)14(9)12(15)6-7-13;/h9-11H,2-8,13H2,1H3;1H. The molecule has 1 aliphatic carbocycles. The van der Waals surface area contributed by atoms with Gasteiger partial charge in [-0.25, -0.2) is 0 Å². The van der Waals surface area contributed by atoms with Gasteiger partial charge in [0.25, 0.3) is 0 Å². The van der Waals surface area contributed by atoms with Gasteiger partial charge >= 0.3 is 0 Å². The molecule has 0 radical (unpaired) electrons. The zero-order chi connectivity index (χ0) is 10.8. The van der Waals surface area contributed by atoms with E-state index in [1.165, 1.54) is 32.1 Å². The van der Waals surface area contributed by atoms with Gasteiger partial charge in [0.15, 0.2) is 0 Å². The first-order valence-corrected chi connectivity index (χ1v) is 6.25. The molecule has 3 unspecified atom stereocenters. The van der Waals surface area contributed by atoms with Gasteiger partial charge in [0.1, 0.15) is 0 Å². The Bertz CT molecular complexity index is 247. The number of amides is 1. The number of rotatable bonds is 2. The highest BCUT2D eigenvalue weighted by molar-refractivity contribution is 5.85. The third-order valence-electron chi connectivity index (χ3n) is 3.99. The normalized spacial score (nSPS) is 33.1. The Hall–Kier alpha value is -0.280. The average molecular weight is 247 g/mol. The lowest BCUT2D eigenvalue weighted by Crippen LogP contribution is -2.42. The number of likely N-dealkylation sites (tertiary alicyclic amines) is 1. The zero-order valence-corrected chi connectivity index (χ0v) is 10.8. The predicted molar refractivity (Wildman–Crippen MR) is 67.6 cm³/mol. The van der Waals surface area contributed by atoms with E-state index >= 15 is 0 Å². The van der Waals surface area contributed by atoms with Gasteiger partial charge in [-0.1, -0.05) is 12.8 Å². The van der Waals surface area contributed by atoms with Crippen LogP contribution in [0.5, 0.6) is 0 Å². The Balaban J connectivity index is 0.00000128. The van der Waals surface area contributed by atoms with Crippen LogP contribution in [0, 0.1) is 5.92 Å². The van der Waals surface area contributed by atoms with Gasteiger partial charge in [0.2, 0.25) is 5.91 Å². The number of hydrogen-bond donors (Lipinski definition) is 1. The minimum atomic E-state index is 0. The summed E-state index contributed by atoms with van der Waals surface area (Å²) in [4.78, 5) is 14.1. The summed E-state index contributed by atoms with van der Waals surface area (Å²) in [5, 5.41) is 0. The maximum atomic E-state index is 12.0. The SMILES string of the molecule is CC1CC2CCCCC2N1C(=O)CCN.Cl. The van der Waals surface area contributed by atoms with Crippen molar-refractivity contribution >= 4 is 18.3 Å². The second-order valence-corrected chi connectivity index (χ2v) is 5.04. The molecular formula is C12H23ClN2O. The molecule has 94 valence electrons. The van der Waals surface area contributed by atoms with Gasteiger partial charge < -0.3 is 10.6 Å². The molecule has 1 amide bonds. The van der Waals surface area contributed by atoms with Crippen LogP contribution >= 0.6 is 12.4 Å². The molecular weight excluding hydrogens is 224 g/mol. The van der Waals surface area contributed by atoms with Crippen molar-refractivity contribution in [2.75, 3.05) is 6.54 Å². The molecule has 2 aliphatic rings. The lowest BCUT2D eigenvalue weighted by molar-refractivity contribution is -0.134. The van der Waals surface area contributed by atoms with Crippen LogP contribution in [0.2, 0.25) is 0 Å². The summed E-state index contributed by atoms with van der Waals surface area (Å²) in [7, 11) is 0. The highest BCUT2D eigenvalue weighted by atomic mass is 35.5. The summed E-state index contributed by atoms with van der Waals surface area (Å²) in [6.45, 7) is 2.67. The number of halogens is 1. The van der Waals surface area contributed by atoms with Crippen LogP contribution in [0.25, 0.3) is 0 Å². The minimum Gasteiger partial charge on any atom is -0.337 e. The Kier molecular flexibility index (Phi) is 5.06. The van der Waals surface area contributed by atoms with E-state index in [1.54, 1.807) is 0 Å². The van der Waals surface area contributed by atoms with E-state index in [4.69, 9.17) is 5.73 Å². The topological polar surface area (TPSA) is 46.3 Å². The Morgan fingerprint density at radius 3 is 2.75 bits per heavy atom. The molecule has 16 heavy (non-hydrogen) atoms. The Morgan fingerprint density at radius 2 is 2.06 bits per heavy atom. The molecule has 1 saturated heterocycles. The van der Waals surface area contributed by atoms with Gasteiger partial charge in [-0.05, 0) is 32.1 Å². The smallest absolute Gasteiger partial charge is 0.224 e. The lowest BCUT2D eigenvalue weighted by Gasteiger charge is -2.33. The van der Waals surface area contributed by atoms with Crippen molar-refractivity contribution in [1.29, 1.82) is 0 Å². The van der Waals surface area contributed by atoms with Gasteiger partial charge in [-0.3, -0.25) is 4.79 Å². The third-order valence-corrected chi connectivity index (χ3v) is 3.99. The van der Waals surface area contributed by atoms with Crippen LogP contribution in [0.15, 0.2) is 0 Å². The molecule has 1 aliphatic heterocycles. The second kappa shape index (κ2) is 5.87. The molecule has 1 saturated carbocycles. The minimum absolute atomic E-state index is 0. The maximum absolute atomic E-state index is 12.0. The number of carbonyl (C=O) groups excluding carboxylic acids is 1. The Labute approximate surface area is 104 Å². The first-order chi connectivity index (χ1) is 7.24. The molecule has 0 bridgehead atoms. The van der Waals surface area contributed by atoms with Crippen LogP contribution in [0.1, 0.15) is 45.4 Å². The number of nitrogens with two attached hydrogens (primary N) is 1. The van der Waals surface area contributed by atoms with E-state index in [1.807, 2.05) is 0 Å². The predicted octanol–water partition coefficient (Wildman–Crippen LogP) is 1.94. The summed E-state index contributed by atoms with van der Waals surface area (Å²) in [6.07, 6.45) is 6.91. The van der Waals surface area contributed by atoms with Crippen LogP contribution in [0.3, 0.4) is 0 Å². The number of fused-ring (bicyclic) bond motifs is 1. The van der Waals surface area contributed by atoms with Crippen molar-refractivity contribution in [3.05, 3.63) is 0 Å². The van der Waals surface area contributed by atoms with Crippen molar-refractivity contribution in [3.63, 3.8) is 0 Å². The van der Waals surface area contributed by atoms with Crippen molar-refractivity contribution in [3.8, 4) is 0 Å². The molecule has 2 N–H and O–H groups in total. The van der Waals surface area contributed by atoms with Crippen LogP contribution in [-0.4, -0.2) is 29.4 Å². The van der Waals surface area contributed by atoms with E-state index in [-0.39, 0.29) is 18.3 Å². The fourth-order valence-corrected chi connectivity index (χ4v) is 3.39. The molecule has 0 aromatic rings. The summed E-state index contributed by atoms with van der Waals surface area (Å²) < 4.78 is 0. The quantitative estimate of drug-likeness (QED) is 0.810. The Morgan fingerprint density at radius 1 is 1.38 bits per heavy atom. The van der Waals surface area contributed by atoms with Crippen molar-refractivity contribution in [1.82, 2.24) is 4.90 Å². The van der Waals surface area contributed by atoms with Crippen molar-refractivity contribution < 1.29 is 4.79 Å². The first kappa shape index (κ1) is 13.8. The molecule has 0 spiro atoms. The van der Waals surface area contributed by atoms with E-state index in [0.717, 1.165) is 5.92 Å². The first-order valence-electron chi connectivity index (χ1n) is 6.25. The number of hydrogen-bond acceptors (Lipinski definition) is 2. The summed E-state index contributed by atoms with van der Waals surface area (Å²) in [5.74, 6) is 1.05. The number of carbonyl (C=O) groups is 1. The number of nitrogens with zero attached hydrogens (tertiary/aromatic N) is 1. The highest BCUT2D eigenvalue weighted by Crippen LogP contribution is 2.39. The molecule has 2 rings (SSSR count). The second-order valence-electron chi connectivity index (χ2n) is 5.04. The monoisotopic (exact) mass is 246 g/mol. The maximum Gasteiger partial charge on any atom is 0.224 e. The molecule has 3 nitrogen and oxygen atoms in total. The van der Waals surface area contributed by atoms with E-state index in [2.05, 4.69) is 11.8 Å².